The lowest BCUT2D eigenvalue weighted by molar-refractivity contribution is 0.256. The van der Waals surface area contributed by atoms with Gasteiger partial charge in [0.25, 0.3) is 10.8 Å². The van der Waals surface area contributed by atoms with Crippen LogP contribution in [0.1, 0.15) is 48.9 Å². The van der Waals surface area contributed by atoms with Gasteiger partial charge in [-0.1, -0.05) is 0 Å². The molecule has 0 spiro atoms. The van der Waals surface area contributed by atoms with Gasteiger partial charge in [-0.05, 0) is 74.6 Å². The largest absolute Gasteiger partial charge is 0.588 e. The number of fused-ring (bicyclic) bond motifs is 3. The lowest BCUT2D eigenvalue weighted by Gasteiger charge is -2.17. The van der Waals surface area contributed by atoms with Crippen molar-refractivity contribution in [3.63, 3.8) is 0 Å². The van der Waals surface area contributed by atoms with Crippen molar-refractivity contribution in [3.8, 4) is 5.88 Å². The number of amides is 2. The third kappa shape index (κ3) is 2.90. The smallest absolute Gasteiger partial charge is 0.361 e. The third-order valence-electron chi connectivity index (χ3n) is 6.02. The van der Waals surface area contributed by atoms with E-state index >= 15 is 0 Å². The second-order valence-electron chi connectivity index (χ2n) is 8.46. The maximum absolute atomic E-state index is 14.8. The summed E-state index contributed by atoms with van der Waals surface area (Å²) in [7, 11) is 0. The van der Waals surface area contributed by atoms with Crippen LogP contribution >= 0.6 is 0 Å². The maximum Gasteiger partial charge on any atom is 0.361 e. The van der Waals surface area contributed by atoms with Crippen molar-refractivity contribution in [3.05, 3.63) is 34.3 Å². The van der Waals surface area contributed by atoms with Crippen molar-refractivity contribution in [2.45, 2.75) is 62.8 Å². The van der Waals surface area contributed by atoms with Gasteiger partial charge in [0, 0.05) is 5.69 Å². The summed E-state index contributed by atoms with van der Waals surface area (Å²) in [6.45, 7) is 4.37. The van der Waals surface area contributed by atoms with E-state index in [9.17, 15) is 13.7 Å². The first-order chi connectivity index (χ1) is 13.9. The molecular formula is C20H23FN4O3S. The fourth-order valence-electron chi connectivity index (χ4n) is 4.64. The molecule has 0 bridgehead atoms. The number of aromatic nitrogens is 2. The van der Waals surface area contributed by atoms with Crippen LogP contribution in [0.2, 0.25) is 0 Å². The molecule has 2 aromatic rings. The van der Waals surface area contributed by atoms with Gasteiger partial charge in [0.2, 0.25) is 0 Å². The lowest BCUT2D eigenvalue weighted by Crippen LogP contribution is -2.35. The zero-order valence-electron chi connectivity index (χ0n) is 16.4. The molecule has 7 nitrogen and oxygen atoms in total. The summed E-state index contributed by atoms with van der Waals surface area (Å²) in [4.78, 5) is 13.0. The molecule has 9 heteroatoms. The molecule has 3 aliphatic rings. The van der Waals surface area contributed by atoms with E-state index in [1.54, 1.807) is 4.68 Å². The topological polar surface area (TPSA) is 91.2 Å². The number of halogens is 1. The summed E-state index contributed by atoms with van der Waals surface area (Å²) < 4.78 is 37.3. The van der Waals surface area contributed by atoms with E-state index in [0.717, 1.165) is 47.9 Å². The maximum atomic E-state index is 14.8. The van der Waals surface area contributed by atoms with E-state index in [2.05, 4.69) is 15.1 Å². The number of carbonyl (C=O) groups excluding carboxylic acids is 1. The number of hydrogen-bond acceptors (Lipinski definition) is 4. The molecule has 2 aliphatic carbocycles. The molecule has 2 amide bonds. The standard InChI is InChI=1S/C20H23FN4O3S/c1-20(2)10-28-18-15(9-22-25(18)20)29(27)24-19(26)23-17-13-7-3-5-11(13)16(21)12-6-4-8-14(12)17/h9H,3-8,10H2,1-2H3,(H2,23,24,26)/t29-/m1/s1. The van der Waals surface area contributed by atoms with Gasteiger partial charge in [0.15, 0.2) is 0 Å². The molecule has 0 fully saturated rings. The van der Waals surface area contributed by atoms with Crippen LogP contribution in [-0.2, 0) is 42.6 Å². The van der Waals surface area contributed by atoms with Gasteiger partial charge in [0.1, 0.15) is 30.0 Å². The highest BCUT2D eigenvalue weighted by Crippen LogP contribution is 2.41. The van der Waals surface area contributed by atoms with E-state index in [1.807, 2.05) is 13.8 Å². The first-order valence-electron chi connectivity index (χ1n) is 9.92. The van der Waals surface area contributed by atoms with Crippen LogP contribution in [0.4, 0.5) is 14.9 Å². The van der Waals surface area contributed by atoms with Crippen molar-refractivity contribution in [1.29, 1.82) is 0 Å². The van der Waals surface area contributed by atoms with Crippen LogP contribution in [-0.4, -0.2) is 27.0 Å². The quantitative estimate of drug-likeness (QED) is 0.750. The number of carbonyl (C=O) groups is 1. The highest BCUT2D eigenvalue weighted by atomic mass is 32.2. The van der Waals surface area contributed by atoms with Crippen LogP contribution in [0, 0.1) is 5.82 Å². The Labute approximate surface area is 171 Å². The van der Waals surface area contributed by atoms with E-state index in [1.165, 1.54) is 6.20 Å². The number of ether oxygens (including phenoxy) is 1. The van der Waals surface area contributed by atoms with Crippen molar-refractivity contribution in [2.24, 2.45) is 0 Å². The van der Waals surface area contributed by atoms with Crippen LogP contribution < -0.4 is 14.8 Å². The van der Waals surface area contributed by atoms with E-state index in [-0.39, 0.29) is 11.4 Å². The number of urea groups is 1. The van der Waals surface area contributed by atoms with Gasteiger partial charge in [-0.15, -0.1) is 4.72 Å². The number of rotatable bonds is 3. The molecule has 2 heterocycles. The monoisotopic (exact) mass is 418 g/mol. The van der Waals surface area contributed by atoms with Crippen LogP contribution in [0.15, 0.2) is 11.1 Å². The van der Waals surface area contributed by atoms with E-state index < -0.39 is 17.4 Å². The van der Waals surface area contributed by atoms with Crippen molar-refractivity contribution in [1.82, 2.24) is 14.5 Å². The van der Waals surface area contributed by atoms with Gasteiger partial charge < -0.3 is 14.6 Å². The zero-order valence-corrected chi connectivity index (χ0v) is 17.2. The van der Waals surface area contributed by atoms with Gasteiger partial charge >= 0.3 is 6.03 Å². The van der Waals surface area contributed by atoms with Crippen LogP contribution in [0.5, 0.6) is 5.88 Å². The SMILES string of the molecule is CC1(C)COc2c([S@@+]([O-])NC(=O)Nc3c4c(c(F)c5c3CCC5)CCC4)cnn21. The Hall–Kier alpha value is -2.26. The van der Waals surface area contributed by atoms with E-state index in [4.69, 9.17) is 4.74 Å². The second kappa shape index (κ2) is 6.63. The van der Waals surface area contributed by atoms with Crippen molar-refractivity contribution >= 4 is 23.1 Å². The molecular weight excluding hydrogens is 395 g/mol. The van der Waals surface area contributed by atoms with Gasteiger partial charge in [-0.3, -0.25) is 0 Å². The normalized spacial score (nSPS) is 19.3. The first kappa shape index (κ1) is 18.7. The average Bonchev–Trinajstić information content (AvgIpc) is 3.44. The number of hydrogen-bond donors (Lipinski definition) is 2. The molecule has 1 atom stereocenters. The molecule has 1 aromatic carbocycles. The molecule has 154 valence electrons. The van der Waals surface area contributed by atoms with Gasteiger partial charge in [-0.2, -0.15) is 5.10 Å². The fraction of sp³-hybridized carbons (Fsp3) is 0.500. The lowest BCUT2D eigenvalue weighted by atomic mass is 9.98. The van der Waals surface area contributed by atoms with Crippen LogP contribution in [0.3, 0.4) is 0 Å². The molecule has 1 aromatic heterocycles. The Balaban J connectivity index is 1.38. The Morgan fingerprint density at radius 3 is 2.48 bits per heavy atom. The highest BCUT2D eigenvalue weighted by molar-refractivity contribution is 7.90. The summed E-state index contributed by atoms with van der Waals surface area (Å²) in [5.74, 6) is 0.326. The summed E-state index contributed by atoms with van der Waals surface area (Å²) in [6, 6.07) is -0.574. The summed E-state index contributed by atoms with van der Waals surface area (Å²) in [5, 5.41) is 7.12. The van der Waals surface area contributed by atoms with Crippen molar-refractivity contribution in [2.75, 3.05) is 11.9 Å². The molecule has 0 radical (unpaired) electrons. The molecule has 0 unspecified atom stereocenters. The number of benzene rings is 1. The number of nitrogens with zero attached hydrogens (tertiary/aromatic N) is 2. The average molecular weight is 418 g/mol. The highest BCUT2D eigenvalue weighted by Gasteiger charge is 2.39. The Bertz CT molecular complexity index is 985. The molecule has 0 saturated heterocycles. The van der Waals surface area contributed by atoms with Gasteiger partial charge in [0.05, 0.1) is 5.54 Å². The molecule has 5 rings (SSSR count). The van der Waals surface area contributed by atoms with Crippen molar-refractivity contribution < 1.29 is 18.5 Å². The first-order valence-corrected chi connectivity index (χ1v) is 11.1. The van der Waals surface area contributed by atoms with Gasteiger partial charge in [-0.25, -0.2) is 13.9 Å². The minimum Gasteiger partial charge on any atom is -0.588 e. The number of nitrogens with one attached hydrogen (secondary N) is 2. The second-order valence-corrected chi connectivity index (χ2v) is 9.64. The molecule has 0 saturated carbocycles. The molecule has 1 aliphatic heterocycles. The Morgan fingerprint density at radius 1 is 1.21 bits per heavy atom. The number of anilines is 1. The molecule has 29 heavy (non-hydrogen) atoms. The Kier molecular flexibility index (Phi) is 4.29. The minimum atomic E-state index is -1.82. The third-order valence-corrected chi connectivity index (χ3v) is 7.07. The predicted octanol–water partition coefficient (Wildman–Crippen LogP) is 2.97. The summed E-state index contributed by atoms with van der Waals surface area (Å²) in [6.07, 6.45) is 6.12. The van der Waals surface area contributed by atoms with E-state index in [0.29, 0.717) is 35.9 Å². The molecule has 2 N–H and O–H groups in total. The Morgan fingerprint density at radius 2 is 1.83 bits per heavy atom. The fourth-order valence-corrected chi connectivity index (χ4v) is 5.41. The summed E-state index contributed by atoms with van der Waals surface area (Å²) in [5.41, 5.74) is 3.62. The van der Waals surface area contributed by atoms with Crippen LogP contribution in [0.25, 0.3) is 0 Å². The minimum absolute atomic E-state index is 0.0882. The zero-order chi connectivity index (χ0) is 20.3. The predicted molar refractivity (Wildman–Crippen MR) is 106 cm³/mol. The summed E-state index contributed by atoms with van der Waals surface area (Å²) >= 11 is -1.82.